The van der Waals surface area contributed by atoms with Crippen LogP contribution in [0.25, 0.3) is 34.2 Å². The quantitative estimate of drug-likeness (QED) is 0.0662. The maximum Gasteiger partial charge on any atom is 0.422 e. The number of hydrogen-bond donors (Lipinski definition) is 0. The molecule has 4 heterocycles. The molecule has 0 saturated carbocycles. The van der Waals surface area contributed by atoms with Gasteiger partial charge in [0.15, 0.2) is 18.4 Å². The molecule has 13 nitrogen and oxygen atoms in total. The van der Waals surface area contributed by atoms with Crippen LogP contribution in [0.5, 0.6) is 17.5 Å². The van der Waals surface area contributed by atoms with E-state index in [0.29, 0.717) is 58.1 Å². The summed E-state index contributed by atoms with van der Waals surface area (Å²) in [6.45, 7) is 1.38. The number of alkyl halides is 6. The van der Waals surface area contributed by atoms with Gasteiger partial charge in [-0.25, -0.2) is 29.5 Å². The van der Waals surface area contributed by atoms with E-state index < -0.39 is 31.1 Å². The lowest BCUT2D eigenvalue weighted by Gasteiger charge is -2.14. The van der Waals surface area contributed by atoms with Crippen LogP contribution in [0.4, 0.5) is 26.3 Å². The Morgan fingerprint density at radius 2 is 1.09 bits per heavy atom. The van der Waals surface area contributed by atoms with Crippen molar-refractivity contribution in [3.63, 3.8) is 0 Å². The van der Waals surface area contributed by atoms with Crippen molar-refractivity contribution < 1.29 is 40.6 Å². The molecule has 20 heteroatoms. The summed E-state index contributed by atoms with van der Waals surface area (Å²) in [4.78, 5) is 50.3. The molecule has 0 unspecified atom stereocenters. The second-order valence-electron chi connectivity index (χ2n) is 11.5. The monoisotopic (exact) mass is 814 g/mol. The zero-order chi connectivity index (χ0) is 41.0. The van der Waals surface area contributed by atoms with E-state index in [4.69, 9.17) is 14.2 Å². The Hall–Kier alpha value is -6.31. The highest BCUT2D eigenvalue weighted by atomic mass is 32.2. The van der Waals surface area contributed by atoms with E-state index in [1.54, 1.807) is 18.3 Å². The summed E-state index contributed by atoms with van der Waals surface area (Å²) in [6.07, 6.45) is -2.36. The summed E-state index contributed by atoms with van der Waals surface area (Å²) in [5.41, 5.74) is 1.82. The highest BCUT2D eigenvalue weighted by Crippen LogP contribution is 2.25. The fraction of sp³-hybridized carbons (Fsp3) is 0.243. The normalized spacial score (nSPS) is 11.4. The van der Waals surface area contributed by atoms with Crippen molar-refractivity contribution in [3.05, 3.63) is 119 Å². The van der Waals surface area contributed by atoms with Crippen LogP contribution in [0, 0.1) is 0 Å². The van der Waals surface area contributed by atoms with Gasteiger partial charge in [-0.05, 0) is 72.8 Å². The van der Waals surface area contributed by atoms with Gasteiger partial charge in [-0.1, -0.05) is 25.6 Å². The van der Waals surface area contributed by atoms with Crippen LogP contribution in [0.15, 0.2) is 113 Å². The van der Waals surface area contributed by atoms with Gasteiger partial charge < -0.3 is 14.2 Å². The largest absolute Gasteiger partial charge is 0.484 e. The van der Waals surface area contributed by atoms with Gasteiger partial charge in [0, 0.05) is 24.5 Å². The minimum absolute atomic E-state index is 0.0284. The Bertz CT molecular complexity index is 2330. The second-order valence-corrected chi connectivity index (χ2v) is 12.7. The van der Waals surface area contributed by atoms with E-state index in [1.165, 1.54) is 100 Å². The second kappa shape index (κ2) is 19.0. The average Bonchev–Trinajstić information content (AvgIpc) is 3.19. The van der Waals surface area contributed by atoms with Crippen molar-refractivity contribution in [2.45, 2.75) is 37.8 Å². The summed E-state index contributed by atoms with van der Waals surface area (Å²) in [6, 6.07) is 17.4. The topological polar surface area (TPSA) is 149 Å². The van der Waals surface area contributed by atoms with Gasteiger partial charge in [-0.15, -0.1) is 0 Å². The minimum atomic E-state index is -4.43. The maximum atomic E-state index is 12.8. The molecule has 0 fully saturated rings. The molecule has 0 aliphatic heterocycles. The molecule has 57 heavy (non-hydrogen) atoms. The fourth-order valence-electron chi connectivity index (χ4n) is 4.77. The van der Waals surface area contributed by atoms with Gasteiger partial charge in [0.05, 0.1) is 40.8 Å². The fourth-order valence-corrected chi connectivity index (χ4v) is 5.52. The van der Waals surface area contributed by atoms with Crippen molar-refractivity contribution >= 4 is 11.8 Å². The number of rotatable bonds is 13. The molecule has 0 N–H and O–H groups in total. The summed E-state index contributed by atoms with van der Waals surface area (Å²) in [7, 11) is 0. The molecule has 298 valence electrons. The highest BCUT2D eigenvalue weighted by molar-refractivity contribution is 7.99. The number of ether oxygens (including phenoxy) is 3. The third-order valence-electron chi connectivity index (χ3n) is 7.17. The van der Waals surface area contributed by atoms with Crippen molar-refractivity contribution in [2.75, 3.05) is 25.6 Å². The maximum absolute atomic E-state index is 12.8. The predicted molar refractivity (Wildman–Crippen MR) is 197 cm³/mol. The van der Waals surface area contributed by atoms with E-state index >= 15 is 0 Å². The van der Waals surface area contributed by atoms with Gasteiger partial charge in [0.25, 0.3) is 11.1 Å². The molecule has 0 amide bonds. The zero-order valence-corrected chi connectivity index (χ0v) is 30.9. The molecule has 0 aliphatic carbocycles. The SMILES string of the molecule is CCCOc1nc(-c2ccncn2)cc(=O)n1-c1ccc(OCC(F)(F)F)cc1.CCSc1nc(-c2ccncn2)cc(=O)n1-c1ccc(OCC(F)(F)F)cc1. The number of nitrogens with zero attached hydrogens (tertiary/aromatic N) is 8. The third kappa shape index (κ3) is 12.1. The Morgan fingerprint density at radius 1 is 0.614 bits per heavy atom. The average molecular weight is 815 g/mol. The molecule has 6 aromatic rings. The number of aromatic nitrogens is 8. The lowest BCUT2D eigenvalue weighted by Crippen LogP contribution is -2.22. The Balaban J connectivity index is 0.000000218. The molecule has 6 rings (SSSR count). The Labute approximate surface area is 324 Å². The number of hydrogen-bond acceptors (Lipinski definition) is 12. The number of thioether (sulfide) groups is 1. The summed E-state index contributed by atoms with van der Waals surface area (Å²) in [5, 5.41) is 0.451. The summed E-state index contributed by atoms with van der Waals surface area (Å²) in [5.74, 6) is 0.761. The molecule has 4 aromatic heterocycles. The number of benzene rings is 2. The van der Waals surface area contributed by atoms with Crippen molar-refractivity contribution in [3.8, 4) is 51.7 Å². The zero-order valence-electron chi connectivity index (χ0n) is 30.1. The first kappa shape index (κ1) is 41.8. The molecular formula is C37H32F6N8O5S. The van der Waals surface area contributed by atoms with Crippen LogP contribution in [-0.2, 0) is 0 Å². The predicted octanol–water partition coefficient (Wildman–Crippen LogP) is 7.16. The van der Waals surface area contributed by atoms with E-state index in [-0.39, 0.29) is 23.1 Å². The van der Waals surface area contributed by atoms with Crippen molar-refractivity contribution in [1.82, 2.24) is 39.0 Å². The van der Waals surface area contributed by atoms with Gasteiger partial charge in [0.1, 0.15) is 24.2 Å². The first-order valence-electron chi connectivity index (χ1n) is 16.9. The summed E-state index contributed by atoms with van der Waals surface area (Å²) < 4.78 is 91.3. The van der Waals surface area contributed by atoms with Crippen molar-refractivity contribution in [2.24, 2.45) is 0 Å². The Kier molecular flexibility index (Phi) is 14.0. The minimum Gasteiger partial charge on any atom is -0.484 e. The van der Waals surface area contributed by atoms with Crippen LogP contribution < -0.4 is 25.3 Å². The van der Waals surface area contributed by atoms with Crippen LogP contribution in [-0.4, -0.2) is 77.0 Å². The van der Waals surface area contributed by atoms with Crippen LogP contribution in [0.3, 0.4) is 0 Å². The van der Waals surface area contributed by atoms with Crippen LogP contribution >= 0.6 is 11.8 Å². The van der Waals surface area contributed by atoms with Gasteiger partial charge in [-0.2, -0.15) is 31.3 Å². The lowest BCUT2D eigenvalue weighted by molar-refractivity contribution is -0.154. The standard InChI is InChI=1S/C19H17F3N4O3.C18H15F3N4O2S/c1-2-9-28-18-25-16(15-7-8-23-12-24-15)10-17(27)26(18)13-3-5-14(6-4-13)29-11-19(20,21)22;1-2-28-17-24-15(14-7-8-22-11-23-14)9-16(26)25(17)12-3-5-13(6-4-12)27-10-18(19,20)21/h3-8,10,12H,2,9,11H2,1H3;3-9,11H,2,10H2,1H3. The highest BCUT2D eigenvalue weighted by Gasteiger charge is 2.29. The molecule has 0 atom stereocenters. The molecular weight excluding hydrogens is 783 g/mol. The van der Waals surface area contributed by atoms with E-state index in [0.717, 1.165) is 0 Å². The smallest absolute Gasteiger partial charge is 0.422 e. The molecule has 0 saturated heterocycles. The molecule has 2 aromatic carbocycles. The Morgan fingerprint density at radius 3 is 1.53 bits per heavy atom. The summed E-state index contributed by atoms with van der Waals surface area (Å²) >= 11 is 1.37. The van der Waals surface area contributed by atoms with Gasteiger partial charge in [-0.3, -0.25) is 14.2 Å². The van der Waals surface area contributed by atoms with E-state index in [2.05, 4.69) is 29.9 Å². The van der Waals surface area contributed by atoms with E-state index in [1.807, 2.05) is 13.8 Å². The van der Waals surface area contributed by atoms with Crippen molar-refractivity contribution in [1.29, 1.82) is 0 Å². The molecule has 0 radical (unpaired) electrons. The first-order valence-corrected chi connectivity index (χ1v) is 17.9. The van der Waals surface area contributed by atoms with Crippen LogP contribution in [0.1, 0.15) is 20.3 Å². The third-order valence-corrected chi connectivity index (χ3v) is 7.99. The molecule has 0 aliphatic rings. The van der Waals surface area contributed by atoms with Gasteiger partial charge >= 0.3 is 18.4 Å². The van der Waals surface area contributed by atoms with Crippen LogP contribution in [0.2, 0.25) is 0 Å². The number of halogens is 6. The lowest BCUT2D eigenvalue weighted by atomic mass is 10.2. The van der Waals surface area contributed by atoms with E-state index in [9.17, 15) is 35.9 Å². The molecule has 0 spiro atoms. The molecule has 0 bridgehead atoms. The van der Waals surface area contributed by atoms with Gasteiger partial charge in [0.2, 0.25) is 0 Å². The first-order chi connectivity index (χ1) is 27.2.